The highest BCUT2D eigenvalue weighted by atomic mass is 32.2. The topological polar surface area (TPSA) is 43.4 Å². The summed E-state index contributed by atoms with van der Waals surface area (Å²) in [7, 11) is -3.72. The Morgan fingerprint density at radius 2 is 1.75 bits per heavy atom. The van der Waals surface area contributed by atoms with E-state index in [1.807, 2.05) is 24.3 Å². The molecule has 0 N–H and O–H groups in total. The van der Waals surface area contributed by atoms with Crippen LogP contribution in [-0.2, 0) is 14.3 Å². The largest absolute Gasteiger partial charge is 0.388 e. The van der Waals surface area contributed by atoms with Gasteiger partial charge >= 0.3 is 10.1 Å². The van der Waals surface area contributed by atoms with Crippen LogP contribution in [0.3, 0.4) is 0 Å². The Bertz CT molecular complexity index is 630. The predicted octanol–water partition coefficient (Wildman–Crippen LogP) is 2.69. The molecule has 0 aliphatic heterocycles. The first-order valence-electron chi connectivity index (χ1n) is 4.66. The average molecular weight is 234 g/mol. The highest BCUT2D eigenvalue weighted by molar-refractivity contribution is 7.86. The number of benzene rings is 2. The molecule has 82 valence electrons. The van der Waals surface area contributed by atoms with Crippen LogP contribution >= 0.6 is 0 Å². The standard InChI is InChI=1S/C12H10O3S/c1-2-15-16(13,14)12-8-7-10-5-3-4-6-11(10)9-12/h2-9H,1H2. The molecule has 4 heteroatoms. The van der Waals surface area contributed by atoms with Crippen molar-refractivity contribution in [1.29, 1.82) is 0 Å². The minimum Gasteiger partial charge on any atom is -0.388 e. The summed E-state index contributed by atoms with van der Waals surface area (Å²) in [6, 6.07) is 12.4. The van der Waals surface area contributed by atoms with Gasteiger partial charge in [-0.2, -0.15) is 8.42 Å². The molecule has 0 fully saturated rings. The summed E-state index contributed by atoms with van der Waals surface area (Å²) in [5.74, 6) is 0. The maximum absolute atomic E-state index is 11.6. The molecule has 3 nitrogen and oxygen atoms in total. The molecule has 0 unspecified atom stereocenters. The zero-order valence-electron chi connectivity index (χ0n) is 8.46. The third-order valence-electron chi connectivity index (χ3n) is 2.20. The van der Waals surface area contributed by atoms with E-state index >= 15 is 0 Å². The van der Waals surface area contributed by atoms with Gasteiger partial charge in [0.15, 0.2) is 0 Å². The van der Waals surface area contributed by atoms with Crippen molar-refractivity contribution in [1.82, 2.24) is 0 Å². The highest BCUT2D eigenvalue weighted by Gasteiger charge is 2.13. The minimum absolute atomic E-state index is 0.131. The molecule has 0 aliphatic rings. The average Bonchev–Trinajstić information content (AvgIpc) is 2.28. The van der Waals surface area contributed by atoms with Gasteiger partial charge in [0, 0.05) is 0 Å². The second-order valence-corrected chi connectivity index (χ2v) is 4.80. The van der Waals surface area contributed by atoms with E-state index in [-0.39, 0.29) is 4.90 Å². The maximum atomic E-state index is 11.6. The molecule has 0 spiro atoms. The van der Waals surface area contributed by atoms with Crippen LogP contribution in [0.5, 0.6) is 0 Å². The van der Waals surface area contributed by atoms with Gasteiger partial charge in [-0.15, -0.1) is 0 Å². The number of hydrogen-bond acceptors (Lipinski definition) is 3. The fourth-order valence-corrected chi connectivity index (χ4v) is 2.26. The number of fused-ring (bicyclic) bond motifs is 1. The van der Waals surface area contributed by atoms with Crippen molar-refractivity contribution in [2.45, 2.75) is 4.90 Å². The van der Waals surface area contributed by atoms with Gasteiger partial charge in [0.2, 0.25) is 0 Å². The van der Waals surface area contributed by atoms with Crippen LogP contribution in [0.15, 0.2) is 60.2 Å². The molecule has 0 radical (unpaired) electrons. The van der Waals surface area contributed by atoms with E-state index in [0.717, 1.165) is 17.0 Å². The van der Waals surface area contributed by atoms with Crippen LogP contribution < -0.4 is 0 Å². The SMILES string of the molecule is C=COS(=O)(=O)c1ccc2ccccc2c1. The Hall–Kier alpha value is -1.81. The van der Waals surface area contributed by atoms with Crippen molar-refractivity contribution in [3.8, 4) is 0 Å². The third-order valence-corrected chi connectivity index (χ3v) is 3.43. The first-order valence-corrected chi connectivity index (χ1v) is 6.07. The molecule has 2 rings (SSSR count). The summed E-state index contributed by atoms with van der Waals surface area (Å²) in [4.78, 5) is 0.131. The summed E-state index contributed by atoms with van der Waals surface area (Å²) < 4.78 is 27.7. The Balaban J connectivity index is 2.59. The molecule has 2 aromatic rings. The van der Waals surface area contributed by atoms with E-state index in [4.69, 9.17) is 0 Å². The molecule has 0 atom stereocenters. The molecule has 0 heterocycles. The quantitative estimate of drug-likeness (QED) is 0.605. The van der Waals surface area contributed by atoms with Gasteiger partial charge in [-0.1, -0.05) is 36.9 Å². The van der Waals surface area contributed by atoms with Gasteiger partial charge in [0.05, 0.1) is 6.26 Å². The van der Waals surface area contributed by atoms with Crippen LogP contribution in [0.1, 0.15) is 0 Å². The second kappa shape index (κ2) is 3.98. The van der Waals surface area contributed by atoms with E-state index in [1.165, 1.54) is 6.07 Å². The zero-order valence-corrected chi connectivity index (χ0v) is 9.28. The van der Waals surface area contributed by atoms with Crippen molar-refractivity contribution in [3.63, 3.8) is 0 Å². The van der Waals surface area contributed by atoms with E-state index in [2.05, 4.69) is 10.8 Å². The monoisotopic (exact) mass is 234 g/mol. The van der Waals surface area contributed by atoms with Crippen LogP contribution in [0.2, 0.25) is 0 Å². The lowest BCUT2D eigenvalue weighted by atomic mass is 10.1. The van der Waals surface area contributed by atoms with Crippen molar-refractivity contribution < 1.29 is 12.6 Å². The summed E-state index contributed by atoms with van der Waals surface area (Å²) in [6.45, 7) is 3.23. The molecule has 0 bridgehead atoms. The molecule has 0 saturated carbocycles. The Morgan fingerprint density at radius 1 is 1.06 bits per heavy atom. The van der Waals surface area contributed by atoms with Crippen LogP contribution in [0.25, 0.3) is 10.8 Å². The first kappa shape index (κ1) is 10.7. The van der Waals surface area contributed by atoms with Crippen LogP contribution in [0.4, 0.5) is 0 Å². The van der Waals surface area contributed by atoms with Gasteiger partial charge in [-0.25, -0.2) is 0 Å². The molecule has 0 aliphatic carbocycles. The summed E-state index contributed by atoms with van der Waals surface area (Å²) in [6.07, 6.45) is 0.907. The summed E-state index contributed by atoms with van der Waals surface area (Å²) in [5.41, 5.74) is 0. The molecule has 0 saturated heterocycles. The molecule has 0 aromatic heterocycles. The smallest absolute Gasteiger partial charge is 0.338 e. The fourth-order valence-electron chi connectivity index (χ4n) is 1.47. The van der Waals surface area contributed by atoms with E-state index < -0.39 is 10.1 Å². The predicted molar refractivity (Wildman–Crippen MR) is 62.4 cm³/mol. The maximum Gasteiger partial charge on any atom is 0.338 e. The Kier molecular flexibility index (Phi) is 2.66. The van der Waals surface area contributed by atoms with Crippen LogP contribution in [0, 0.1) is 0 Å². The lowest BCUT2D eigenvalue weighted by Gasteiger charge is -2.04. The lowest BCUT2D eigenvalue weighted by molar-refractivity contribution is 0.445. The second-order valence-electron chi connectivity index (χ2n) is 3.23. The highest BCUT2D eigenvalue weighted by Crippen LogP contribution is 2.20. The number of hydrogen-bond donors (Lipinski definition) is 0. The molecular weight excluding hydrogens is 224 g/mol. The lowest BCUT2D eigenvalue weighted by Crippen LogP contribution is -2.01. The van der Waals surface area contributed by atoms with Crippen LogP contribution in [-0.4, -0.2) is 8.42 Å². The first-order chi connectivity index (χ1) is 7.63. The fraction of sp³-hybridized carbons (Fsp3) is 0. The van der Waals surface area contributed by atoms with Gasteiger partial charge < -0.3 is 4.18 Å². The molecule has 2 aromatic carbocycles. The van der Waals surface area contributed by atoms with E-state index in [9.17, 15) is 8.42 Å². The minimum atomic E-state index is -3.72. The van der Waals surface area contributed by atoms with E-state index in [1.54, 1.807) is 12.1 Å². The van der Waals surface area contributed by atoms with Gasteiger partial charge in [0.25, 0.3) is 0 Å². The molecule has 0 amide bonds. The third kappa shape index (κ3) is 1.92. The van der Waals surface area contributed by atoms with Crippen molar-refractivity contribution in [2.75, 3.05) is 0 Å². The van der Waals surface area contributed by atoms with Gasteiger partial charge in [-0.3, -0.25) is 0 Å². The van der Waals surface area contributed by atoms with Crippen molar-refractivity contribution >= 4 is 20.9 Å². The van der Waals surface area contributed by atoms with Gasteiger partial charge in [0.1, 0.15) is 4.90 Å². The summed E-state index contributed by atoms with van der Waals surface area (Å²) >= 11 is 0. The number of rotatable bonds is 3. The molecular formula is C12H10O3S. The van der Waals surface area contributed by atoms with Gasteiger partial charge in [-0.05, 0) is 22.9 Å². The normalized spacial score (nSPS) is 11.2. The van der Waals surface area contributed by atoms with Crippen molar-refractivity contribution in [2.24, 2.45) is 0 Å². The zero-order chi connectivity index (χ0) is 11.6. The van der Waals surface area contributed by atoms with Crippen molar-refractivity contribution in [3.05, 3.63) is 55.3 Å². The Morgan fingerprint density at radius 3 is 2.44 bits per heavy atom. The van der Waals surface area contributed by atoms with E-state index in [0.29, 0.717) is 0 Å². The summed E-state index contributed by atoms with van der Waals surface area (Å²) in [5, 5.41) is 1.84. The molecule has 16 heavy (non-hydrogen) atoms. The Labute approximate surface area is 94.1 Å².